The van der Waals surface area contributed by atoms with E-state index in [-0.39, 0.29) is 5.25 Å². The molecule has 16 heavy (non-hydrogen) atoms. The van der Waals surface area contributed by atoms with Crippen molar-refractivity contribution in [1.82, 2.24) is 14.5 Å². The topological polar surface area (TPSA) is 52.7 Å². The van der Waals surface area contributed by atoms with Crippen LogP contribution in [0.15, 0.2) is 0 Å². The molecule has 0 bridgehead atoms. The van der Waals surface area contributed by atoms with Crippen molar-refractivity contribution in [3.63, 3.8) is 0 Å². The average molecular weight is 249 g/mol. The molecule has 1 unspecified atom stereocenters. The van der Waals surface area contributed by atoms with Crippen molar-refractivity contribution in [2.45, 2.75) is 18.1 Å². The fraction of sp³-hybridized carbons (Fsp3) is 1.00. The Morgan fingerprint density at radius 1 is 1.25 bits per heavy atom. The first-order valence-electron chi connectivity index (χ1n) is 5.75. The summed E-state index contributed by atoms with van der Waals surface area (Å²) in [6, 6.07) is 0. The van der Waals surface area contributed by atoms with Gasteiger partial charge in [-0.3, -0.25) is 0 Å². The molecule has 1 saturated heterocycles. The van der Waals surface area contributed by atoms with Gasteiger partial charge in [0.2, 0.25) is 10.0 Å². The molecule has 5 nitrogen and oxygen atoms in total. The van der Waals surface area contributed by atoms with E-state index in [1.165, 1.54) is 4.31 Å². The van der Waals surface area contributed by atoms with Crippen molar-refractivity contribution >= 4 is 10.0 Å². The van der Waals surface area contributed by atoms with Crippen LogP contribution in [0.1, 0.15) is 12.8 Å². The fourth-order valence-electron chi connectivity index (χ4n) is 1.87. The molecule has 1 aliphatic heterocycles. The van der Waals surface area contributed by atoms with Crippen molar-refractivity contribution in [3.8, 4) is 0 Å². The van der Waals surface area contributed by atoms with Crippen molar-refractivity contribution in [2.75, 3.05) is 47.3 Å². The van der Waals surface area contributed by atoms with Gasteiger partial charge in [0, 0.05) is 20.1 Å². The largest absolute Gasteiger partial charge is 0.315 e. The van der Waals surface area contributed by atoms with E-state index >= 15 is 0 Å². The Kier molecular flexibility index (Phi) is 5.17. The quantitative estimate of drug-likeness (QED) is 0.693. The van der Waals surface area contributed by atoms with Gasteiger partial charge < -0.3 is 10.2 Å². The number of rotatable bonds is 6. The smallest absolute Gasteiger partial charge is 0.218 e. The molecule has 6 heteroatoms. The van der Waals surface area contributed by atoms with E-state index < -0.39 is 10.0 Å². The number of hydrogen-bond donors (Lipinski definition) is 1. The summed E-state index contributed by atoms with van der Waals surface area (Å²) in [4.78, 5) is 2.07. The molecule has 0 spiro atoms. The highest BCUT2D eigenvalue weighted by molar-refractivity contribution is 7.89. The molecule has 0 aromatic heterocycles. The van der Waals surface area contributed by atoms with Gasteiger partial charge in [-0.2, -0.15) is 0 Å². The van der Waals surface area contributed by atoms with Gasteiger partial charge in [-0.15, -0.1) is 0 Å². The average Bonchev–Trinajstić information content (AvgIpc) is 2.69. The van der Waals surface area contributed by atoms with E-state index in [2.05, 4.69) is 10.2 Å². The maximum absolute atomic E-state index is 12.1. The lowest BCUT2D eigenvalue weighted by atomic mass is 10.4. The molecule has 1 N–H and O–H groups in total. The summed E-state index contributed by atoms with van der Waals surface area (Å²) in [5.74, 6) is 0. The predicted octanol–water partition coefficient (Wildman–Crippen LogP) is -0.438. The molecule has 0 saturated carbocycles. The first-order valence-corrected chi connectivity index (χ1v) is 7.25. The van der Waals surface area contributed by atoms with Gasteiger partial charge in [-0.25, -0.2) is 12.7 Å². The third-order valence-corrected chi connectivity index (χ3v) is 5.25. The molecule has 1 fully saturated rings. The summed E-state index contributed by atoms with van der Waals surface area (Å²) in [5, 5.41) is 2.87. The monoisotopic (exact) mass is 249 g/mol. The summed E-state index contributed by atoms with van der Waals surface area (Å²) in [6.07, 6.45) is 1.61. The molecular formula is C10H23N3O2S. The van der Waals surface area contributed by atoms with Crippen LogP contribution in [0.3, 0.4) is 0 Å². The third-order valence-electron chi connectivity index (χ3n) is 2.95. The maximum Gasteiger partial charge on any atom is 0.218 e. The van der Waals surface area contributed by atoms with Crippen LogP contribution >= 0.6 is 0 Å². The van der Waals surface area contributed by atoms with Gasteiger partial charge in [0.1, 0.15) is 0 Å². The van der Waals surface area contributed by atoms with E-state index in [0.717, 1.165) is 25.9 Å². The van der Waals surface area contributed by atoms with Crippen molar-refractivity contribution in [3.05, 3.63) is 0 Å². The minimum absolute atomic E-state index is 0.225. The summed E-state index contributed by atoms with van der Waals surface area (Å²) in [5.41, 5.74) is 0. The van der Waals surface area contributed by atoms with Gasteiger partial charge in [0.05, 0.1) is 5.25 Å². The summed E-state index contributed by atoms with van der Waals surface area (Å²) in [7, 11) is 2.59. The predicted molar refractivity (Wildman–Crippen MR) is 66.0 cm³/mol. The summed E-state index contributed by atoms with van der Waals surface area (Å²) < 4.78 is 25.7. The highest BCUT2D eigenvalue weighted by Crippen LogP contribution is 2.13. The summed E-state index contributed by atoms with van der Waals surface area (Å²) >= 11 is 0. The first kappa shape index (κ1) is 13.9. The van der Waals surface area contributed by atoms with Crippen LogP contribution in [-0.2, 0) is 10.0 Å². The second-order valence-electron chi connectivity index (χ2n) is 4.64. The lowest BCUT2D eigenvalue weighted by Crippen LogP contribution is -2.38. The van der Waals surface area contributed by atoms with Gasteiger partial charge in [-0.05, 0) is 40.0 Å². The summed E-state index contributed by atoms with van der Waals surface area (Å²) in [6.45, 7) is 2.94. The zero-order valence-corrected chi connectivity index (χ0v) is 11.3. The SMILES string of the molecule is CN(C)CCCN(C)S(=O)(=O)C1CCNC1. The first-order chi connectivity index (χ1) is 7.44. The minimum atomic E-state index is -3.08. The lowest BCUT2D eigenvalue weighted by molar-refractivity contribution is 0.369. The molecule has 0 aromatic rings. The van der Waals surface area contributed by atoms with E-state index in [9.17, 15) is 8.42 Å². The Bertz CT molecular complexity index is 297. The van der Waals surface area contributed by atoms with Crippen LogP contribution < -0.4 is 5.32 Å². The molecule has 0 amide bonds. The molecule has 1 heterocycles. The highest BCUT2D eigenvalue weighted by atomic mass is 32.2. The Morgan fingerprint density at radius 2 is 1.94 bits per heavy atom. The molecule has 96 valence electrons. The van der Waals surface area contributed by atoms with E-state index in [1.807, 2.05) is 14.1 Å². The lowest BCUT2D eigenvalue weighted by Gasteiger charge is -2.21. The number of hydrogen-bond acceptors (Lipinski definition) is 4. The maximum atomic E-state index is 12.1. The Labute approximate surface area is 98.8 Å². The molecule has 0 radical (unpaired) electrons. The van der Waals surface area contributed by atoms with Crippen LogP contribution in [0.2, 0.25) is 0 Å². The number of nitrogens with zero attached hydrogens (tertiary/aromatic N) is 2. The van der Waals surface area contributed by atoms with Crippen LogP contribution in [0, 0.1) is 0 Å². The van der Waals surface area contributed by atoms with Crippen molar-refractivity contribution < 1.29 is 8.42 Å². The van der Waals surface area contributed by atoms with Crippen LogP contribution in [-0.4, -0.2) is 70.2 Å². The molecule has 1 rings (SSSR count). The van der Waals surface area contributed by atoms with Crippen LogP contribution in [0.25, 0.3) is 0 Å². The van der Waals surface area contributed by atoms with E-state index in [4.69, 9.17) is 0 Å². The van der Waals surface area contributed by atoms with Gasteiger partial charge in [0.25, 0.3) is 0 Å². The standard InChI is InChI=1S/C10H23N3O2S/c1-12(2)7-4-8-13(3)16(14,15)10-5-6-11-9-10/h10-11H,4-9H2,1-3H3. The van der Waals surface area contributed by atoms with Crippen LogP contribution in [0.5, 0.6) is 0 Å². The minimum Gasteiger partial charge on any atom is -0.315 e. The Balaban J connectivity index is 2.42. The third kappa shape index (κ3) is 3.69. The van der Waals surface area contributed by atoms with Crippen molar-refractivity contribution in [2.24, 2.45) is 0 Å². The second-order valence-corrected chi connectivity index (χ2v) is 6.96. The zero-order chi connectivity index (χ0) is 12.2. The Morgan fingerprint density at radius 3 is 2.44 bits per heavy atom. The van der Waals surface area contributed by atoms with E-state index in [1.54, 1.807) is 7.05 Å². The number of nitrogens with one attached hydrogen (secondary N) is 1. The van der Waals surface area contributed by atoms with E-state index in [0.29, 0.717) is 13.1 Å². The molecule has 0 aliphatic carbocycles. The van der Waals surface area contributed by atoms with Gasteiger partial charge in [-0.1, -0.05) is 0 Å². The zero-order valence-electron chi connectivity index (χ0n) is 10.4. The second kappa shape index (κ2) is 5.95. The van der Waals surface area contributed by atoms with Gasteiger partial charge >= 0.3 is 0 Å². The normalized spacial score (nSPS) is 22.2. The van der Waals surface area contributed by atoms with Gasteiger partial charge in [0.15, 0.2) is 0 Å². The number of sulfonamides is 1. The molecule has 1 aliphatic rings. The molecule has 1 atom stereocenters. The highest BCUT2D eigenvalue weighted by Gasteiger charge is 2.31. The molecular weight excluding hydrogens is 226 g/mol. The fourth-order valence-corrected chi connectivity index (χ4v) is 3.51. The van der Waals surface area contributed by atoms with Crippen LogP contribution in [0.4, 0.5) is 0 Å². The van der Waals surface area contributed by atoms with Crippen molar-refractivity contribution in [1.29, 1.82) is 0 Å². The molecule has 0 aromatic carbocycles. The Hall–Kier alpha value is -0.170.